The lowest BCUT2D eigenvalue weighted by molar-refractivity contribution is 0.555. The summed E-state index contributed by atoms with van der Waals surface area (Å²) in [7, 11) is 0. The molecule has 0 amide bonds. The summed E-state index contributed by atoms with van der Waals surface area (Å²) in [6.45, 7) is 5.18. The van der Waals surface area contributed by atoms with Gasteiger partial charge in [0.2, 0.25) is 0 Å². The first-order chi connectivity index (χ1) is 15.1. The van der Waals surface area contributed by atoms with E-state index in [1.165, 1.54) is 0 Å². The number of rotatable bonds is 6. The number of piperazine rings is 1. The molecule has 8 nitrogen and oxygen atoms in total. The van der Waals surface area contributed by atoms with Crippen molar-refractivity contribution >= 4 is 34.7 Å². The molecular formula is C21H22ClFN8. The highest BCUT2D eigenvalue weighted by molar-refractivity contribution is 6.33. The number of hydrogen-bond donors (Lipinski definition) is 2. The van der Waals surface area contributed by atoms with E-state index in [4.69, 9.17) is 11.6 Å². The van der Waals surface area contributed by atoms with E-state index in [-0.39, 0.29) is 18.3 Å². The molecule has 0 spiro atoms. The molecule has 3 heterocycles. The molecule has 2 N–H and O–H groups in total. The second-order valence-electron chi connectivity index (χ2n) is 7.07. The Morgan fingerprint density at radius 2 is 2.00 bits per heavy atom. The van der Waals surface area contributed by atoms with E-state index in [1.54, 1.807) is 6.20 Å². The van der Waals surface area contributed by atoms with E-state index in [2.05, 4.69) is 35.8 Å². The molecule has 0 unspecified atom stereocenters. The first kappa shape index (κ1) is 21.1. The summed E-state index contributed by atoms with van der Waals surface area (Å²) in [5.41, 5.74) is 3.45. The predicted molar refractivity (Wildman–Crippen MR) is 119 cm³/mol. The van der Waals surface area contributed by atoms with Gasteiger partial charge in [0.25, 0.3) is 5.95 Å². The van der Waals surface area contributed by atoms with Gasteiger partial charge in [-0.3, -0.25) is 4.98 Å². The molecule has 10 heteroatoms. The summed E-state index contributed by atoms with van der Waals surface area (Å²) in [6, 6.07) is 9.49. The first-order valence-electron chi connectivity index (χ1n) is 9.93. The van der Waals surface area contributed by atoms with Gasteiger partial charge in [-0.05, 0) is 30.7 Å². The molecule has 3 aromatic rings. The molecule has 1 aromatic carbocycles. The number of benzene rings is 1. The van der Waals surface area contributed by atoms with Crippen LogP contribution in [0.1, 0.15) is 11.3 Å². The van der Waals surface area contributed by atoms with Gasteiger partial charge < -0.3 is 15.5 Å². The Bertz CT molecular complexity index is 1050. The highest BCUT2D eigenvalue weighted by atomic mass is 35.5. The topological polar surface area (TPSA) is 90.7 Å². The molecule has 0 atom stereocenters. The van der Waals surface area contributed by atoms with Crippen molar-refractivity contribution in [2.24, 2.45) is 10.2 Å². The Labute approximate surface area is 184 Å². The average Bonchev–Trinajstić information content (AvgIpc) is 2.79. The molecule has 0 radical (unpaired) electrons. The fourth-order valence-electron chi connectivity index (χ4n) is 3.19. The van der Waals surface area contributed by atoms with Crippen LogP contribution < -0.4 is 15.5 Å². The molecule has 1 aliphatic rings. The summed E-state index contributed by atoms with van der Waals surface area (Å²) < 4.78 is 14.1. The fraction of sp³-hybridized carbons (Fsp3) is 0.286. The van der Waals surface area contributed by atoms with Crippen LogP contribution in [-0.4, -0.2) is 41.1 Å². The summed E-state index contributed by atoms with van der Waals surface area (Å²) >= 11 is 6.26. The molecule has 0 aliphatic carbocycles. The minimum Gasteiger partial charge on any atom is -0.353 e. The minimum atomic E-state index is -0.459. The van der Waals surface area contributed by atoms with Crippen LogP contribution >= 0.6 is 11.6 Å². The maximum Gasteiger partial charge on any atom is 0.270 e. The second kappa shape index (κ2) is 9.76. The number of aryl methyl sites for hydroxylation is 1. The van der Waals surface area contributed by atoms with E-state index in [9.17, 15) is 4.39 Å². The lowest BCUT2D eigenvalue weighted by Gasteiger charge is -2.28. The highest BCUT2D eigenvalue weighted by Crippen LogP contribution is 2.28. The van der Waals surface area contributed by atoms with Gasteiger partial charge in [-0.25, -0.2) is 9.37 Å². The Hall–Kier alpha value is -3.17. The largest absolute Gasteiger partial charge is 0.353 e. The Morgan fingerprint density at radius 3 is 2.74 bits per heavy atom. The molecule has 31 heavy (non-hydrogen) atoms. The number of anilines is 3. The number of para-hydroxylation sites is 1. The zero-order chi connectivity index (χ0) is 21.6. The standard InChI is InChI=1S/C21H22ClFN8/c1-14-3-2-4-17(22)19(14)28-16-6-5-15(25-11-16)12-27-30-21-26-13-18(23)20(29-21)31-9-7-24-8-10-31/h2-6,11,13,24,28H,7-10,12H2,1H3. The number of pyridine rings is 1. The second-order valence-corrected chi connectivity index (χ2v) is 7.48. The third-order valence-corrected chi connectivity index (χ3v) is 5.15. The zero-order valence-corrected chi connectivity index (χ0v) is 17.8. The van der Waals surface area contributed by atoms with Gasteiger partial charge in [0.1, 0.15) is 6.54 Å². The lowest BCUT2D eigenvalue weighted by Crippen LogP contribution is -2.44. The molecule has 0 saturated carbocycles. The van der Waals surface area contributed by atoms with E-state index in [0.717, 1.165) is 41.9 Å². The third kappa shape index (κ3) is 5.31. The van der Waals surface area contributed by atoms with Gasteiger partial charge in [0, 0.05) is 26.2 Å². The SMILES string of the molecule is Cc1cccc(Cl)c1Nc1ccc(CN=Nc2ncc(F)c(N3CCNCC3)n2)nc1. The molecule has 2 aromatic heterocycles. The number of aromatic nitrogens is 3. The maximum atomic E-state index is 14.1. The Kier molecular flexibility index (Phi) is 6.63. The van der Waals surface area contributed by atoms with Crippen LogP contribution in [0.15, 0.2) is 53.0 Å². The van der Waals surface area contributed by atoms with Crippen molar-refractivity contribution in [1.29, 1.82) is 0 Å². The van der Waals surface area contributed by atoms with Gasteiger partial charge in [-0.15, -0.1) is 5.11 Å². The van der Waals surface area contributed by atoms with Gasteiger partial charge in [-0.1, -0.05) is 23.7 Å². The first-order valence-corrected chi connectivity index (χ1v) is 10.3. The molecule has 160 valence electrons. The summed E-state index contributed by atoms with van der Waals surface area (Å²) in [5, 5.41) is 15.3. The van der Waals surface area contributed by atoms with E-state index in [1.807, 2.05) is 42.2 Å². The van der Waals surface area contributed by atoms with Crippen molar-refractivity contribution in [2.45, 2.75) is 13.5 Å². The van der Waals surface area contributed by atoms with Crippen LogP contribution in [0.25, 0.3) is 0 Å². The Morgan fingerprint density at radius 1 is 1.16 bits per heavy atom. The summed E-state index contributed by atoms with van der Waals surface area (Å²) in [4.78, 5) is 14.4. The van der Waals surface area contributed by atoms with E-state index < -0.39 is 5.82 Å². The van der Waals surface area contributed by atoms with Crippen molar-refractivity contribution in [2.75, 3.05) is 36.4 Å². The van der Waals surface area contributed by atoms with Crippen molar-refractivity contribution in [3.05, 3.63) is 64.8 Å². The number of nitrogens with one attached hydrogen (secondary N) is 2. The molecule has 1 fully saturated rings. The van der Waals surface area contributed by atoms with Crippen molar-refractivity contribution in [1.82, 2.24) is 20.3 Å². The van der Waals surface area contributed by atoms with Gasteiger partial charge >= 0.3 is 0 Å². The zero-order valence-electron chi connectivity index (χ0n) is 17.0. The highest BCUT2D eigenvalue weighted by Gasteiger charge is 2.17. The lowest BCUT2D eigenvalue weighted by atomic mass is 10.2. The van der Waals surface area contributed by atoms with Gasteiger partial charge in [0.05, 0.1) is 34.5 Å². The molecule has 4 rings (SSSR count). The third-order valence-electron chi connectivity index (χ3n) is 4.84. The maximum absolute atomic E-state index is 14.1. The number of halogens is 2. The number of hydrogen-bond acceptors (Lipinski definition) is 8. The predicted octanol–water partition coefficient (Wildman–Crippen LogP) is 4.41. The van der Waals surface area contributed by atoms with Crippen LogP contribution in [0.2, 0.25) is 5.02 Å². The van der Waals surface area contributed by atoms with Crippen LogP contribution in [0.4, 0.5) is 27.5 Å². The molecule has 1 saturated heterocycles. The van der Waals surface area contributed by atoms with Crippen LogP contribution in [0.3, 0.4) is 0 Å². The fourth-order valence-corrected chi connectivity index (χ4v) is 3.46. The summed E-state index contributed by atoms with van der Waals surface area (Å²) in [6.07, 6.45) is 2.85. The molecular weight excluding hydrogens is 419 g/mol. The van der Waals surface area contributed by atoms with Crippen molar-refractivity contribution < 1.29 is 4.39 Å². The van der Waals surface area contributed by atoms with Crippen LogP contribution in [-0.2, 0) is 6.54 Å². The smallest absolute Gasteiger partial charge is 0.270 e. The number of nitrogens with zero attached hydrogens (tertiary/aromatic N) is 6. The molecule has 0 bridgehead atoms. The van der Waals surface area contributed by atoms with E-state index >= 15 is 0 Å². The molecule has 1 aliphatic heterocycles. The van der Waals surface area contributed by atoms with E-state index in [0.29, 0.717) is 18.1 Å². The van der Waals surface area contributed by atoms with Crippen LogP contribution in [0.5, 0.6) is 0 Å². The van der Waals surface area contributed by atoms with Gasteiger partial charge in [0.15, 0.2) is 11.6 Å². The monoisotopic (exact) mass is 440 g/mol. The Balaban J connectivity index is 1.39. The number of azo groups is 1. The normalized spacial score (nSPS) is 14.2. The van der Waals surface area contributed by atoms with Crippen molar-refractivity contribution in [3.63, 3.8) is 0 Å². The van der Waals surface area contributed by atoms with Crippen LogP contribution in [0, 0.1) is 12.7 Å². The van der Waals surface area contributed by atoms with Crippen molar-refractivity contribution in [3.8, 4) is 0 Å². The average molecular weight is 441 g/mol. The van der Waals surface area contributed by atoms with Gasteiger partial charge in [-0.2, -0.15) is 10.1 Å². The minimum absolute atomic E-state index is 0.127. The quantitative estimate of drug-likeness (QED) is 0.552. The summed E-state index contributed by atoms with van der Waals surface area (Å²) in [5.74, 6) is -0.0735.